The zero-order valence-corrected chi connectivity index (χ0v) is 15.5. The zero-order chi connectivity index (χ0) is 19.6. The number of rotatable bonds is 4. The van der Waals surface area contributed by atoms with E-state index in [0.29, 0.717) is 11.3 Å². The van der Waals surface area contributed by atoms with E-state index < -0.39 is 5.97 Å². The standard InChI is InChI=1S/C20H19N3O4/c1-11-10-14(27-19-16(20(25)26-4)6-5-9-21-19)7-8-15(11)17-12(2)18(24)23-22-13(17)3/h5-10H,1-4H3,(H,23,24). The Morgan fingerprint density at radius 1 is 1.15 bits per heavy atom. The smallest absolute Gasteiger partial charge is 0.343 e. The molecule has 7 nitrogen and oxygen atoms in total. The average molecular weight is 365 g/mol. The van der Waals surface area contributed by atoms with Crippen LogP contribution in [0.5, 0.6) is 11.6 Å². The second-order valence-electron chi connectivity index (χ2n) is 6.06. The number of nitrogens with one attached hydrogen (secondary N) is 1. The van der Waals surface area contributed by atoms with Gasteiger partial charge in [0, 0.05) is 17.3 Å². The summed E-state index contributed by atoms with van der Waals surface area (Å²) >= 11 is 0. The maximum Gasteiger partial charge on any atom is 0.343 e. The summed E-state index contributed by atoms with van der Waals surface area (Å²) in [5.41, 5.74) is 3.97. The molecule has 0 aliphatic rings. The number of benzene rings is 1. The summed E-state index contributed by atoms with van der Waals surface area (Å²) in [5.74, 6) is 0.169. The SMILES string of the molecule is COC(=O)c1cccnc1Oc1ccc(-c2c(C)n[nH]c(=O)c2C)c(C)c1. The van der Waals surface area contributed by atoms with Crippen LogP contribution < -0.4 is 10.3 Å². The van der Waals surface area contributed by atoms with Crippen molar-refractivity contribution in [2.75, 3.05) is 7.11 Å². The van der Waals surface area contributed by atoms with Gasteiger partial charge >= 0.3 is 5.97 Å². The highest BCUT2D eigenvalue weighted by Gasteiger charge is 2.16. The summed E-state index contributed by atoms with van der Waals surface area (Å²) in [7, 11) is 1.30. The Morgan fingerprint density at radius 2 is 1.93 bits per heavy atom. The van der Waals surface area contributed by atoms with Gasteiger partial charge in [0.2, 0.25) is 5.88 Å². The van der Waals surface area contributed by atoms with E-state index in [-0.39, 0.29) is 17.0 Å². The number of aromatic nitrogens is 3. The summed E-state index contributed by atoms with van der Waals surface area (Å²) in [6, 6.07) is 8.67. The van der Waals surface area contributed by atoms with Crippen molar-refractivity contribution < 1.29 is 14.3 Å². The third kappa shape index (κ3) is 3.57. The number of aryl methyl sites for hydroxylation is 2. The highest BCUT2D eigenvalue weighted by Crippen LogP contribution is 2.31. The lowest BCUT2D eigenvalue weighted by Gasteiger charge is -2.13. The van der Waals surface area contributed by atoms with E-state index in [1.807, 2.05) is 26.0 Å². The normalized spacial score (nSPS) is 10.5. The maximum atomic E-state index is 11.9. The number of carbonyl (C=O) groups is 1. The van der Waals surface area contributed by atoms with Crippen LogP contribution in [-0.4, -0.2) is 28.3 Å². The highest BCUT2D eigenvalue weighted by molar-refractivity contribution is 5.91. The first-order chi connectivity index (χ1) is 12.9. The van der Waals surface area contributed by atoms with Crippen LogP contribution in [0.25, 0.3) is 11.1 Å². The molecule has 1 N–H and O–H groups in total. The molecule has 0 aliphatic carbocycles. The van der Waals surface area contributed by atoms with Gasteiger partial charge in [0.15, 0.2) is 0 Å². The molecular formula is C20H19N3O4. The van der Waals surface area contributed by atoms with Crippen LogP contribution in [-0.2, 0) is 4.74 Å². The fourth-order valence-electron chi connectivity index (χ4n) is 2.89. The Kier molecular flexibility index (Phi) is 5.03. The van der Waals surface area contributed by atoms with Gasteiger partial charge in [-0.15, -0.1) is 0 Å². The molecule has 0 radical (unpaired) electrons. The largest absolute Gasteiger partial charge is 0.465 e. The van der Waals surface area contributed by atoms with Gasteiger partial charge in [-0.1, -0.05) is 6.07 Å². The second-order valence-corrected chi connectivity index (χ2v) is 6.06. The average Bonchev–Trinajstić information content (AvgIpc) is 2.66. The Bertz CT molecular complexity index is 1070. The lowest BCUT2D eigenvalue weighted by Crippen LogP contribution is -2.14. The molecule has 0 bridgehead atoms. The van der Waals surface area contributed by atoms with Crippen molar-refractivity contribution in [3.8, 4) is 22.8 Å². The molecule has 0 atom stereocenters. The Labute approximate surface area is 156 Å². The van der Waals surface area contributed by atoms with Crippen molar-refractivity contribution in [2.24, 2.45) is 0 Å². The van der Waals surface area contributed by atoms with Crippen molar-refractivity contribution in [1.82, 2.24) is 15.2 Å². The molecule has 2 aromatic heterocycles. The quantitative estimate of drug-likeness (QED) is 0.713. The van der Waals surface area contributed by atoms with Gasteiger partial charge in [0.1, 0.15) is 11.3 Å². The third-order valence-corrected chi connectivity index (χ3v) is 4.26. The van der Waals surface area contributed by atoms with Gasteiger partial charge in [0.05, 0.1) is 12.8 Å². The highest BCUT2D eigenvalue weighted by atomic mass is 16.5. The number of hydrogen-bond acceptors (Lipinski definition) is 6. The van der Waals surface area contributed by atoms with E-state index in [1.165, 1.54) is 13.3 Å². The van der Waals surface area contributed by atoms with Gasteiger partial charge in [-0.25, -0.2) is 14.9 Å². The molecule has 27 heavy (non-hydrogen) atoms. The molecule has 0 saturated carbocycles. The van der Waals surface area contributed by atoms with Crippen LogP contribution in [0.15, 0.2) is 41.3 Å². The first kappa shape index (κ1) is 18.3. The first-order valence-electron chi connectivity index (χ1n) is 8.30. The van der Waals surface area contributed by atoms with E-state index in [2.05, 4.69) is 15.2 Å². The molecule has 0 fully saturated rings. The monoisotopic (exact) mass is 365 g/mol. The number of ether oxygens (including phenoxy) is 2. The minimum atomic E-state index is -0.521. The molecule has 3 aromatic rings. The fraction of sp³-hybridized carbons (Fsp3) is 0.200. The van der Waals surface area contributed by atoms with E-state index in [0.717, 1.165) is 22.4 Å². The van der Waals surface area contributed by atoms with Gasteiger partial charge in [0.25, 0.3) is 5.56 Å². The first-order valence-corrected chi connectivity index (χ1v) is 8.30. The van der Waals surface area contributed by atoms with Crippen molar-refractivity contribution in [3.63, 3.8) is 0 Å². The van der Waals surface area contributed by atoms with Gasteiger partial charge in [-0.05, 0) is 56.2 Å². The summed E-state index contributed by atoms with van der Waals surface area (Å²) in [6.45, 7) is 5.53. The molecule has 7 heteroatoms. The van der Waals surface area contributed by atoms with Crippen LogP contribution in [0.1, 0.15) is 27.2 Å². The van der Waals surface area contributed by atoms with Crippen LogP contribution in [0, 0.1) is 20.8 Å². The summed E-state index contributed by atoms with van der Waals surface area (Å²) in [6.07, 6.45) is 1.54. The molecule has 0 saturated heterocycles. The molecular weight excluding hydrogens is 346 g/mol. The number of pyridine rings is 1. The van der Waals surface area contributed by atoms with Gasteiger partial charge in [-0.2, -0.15) is 5.10 Å². The van der Waals surface area contributed by atoms with Crippen LogP contribution in [0.4, 0.5) is 0 Å². The number of aromatic amines is 1. The van der Waals surface area contributed by atoms with Gasteiger partial charge < -0.3 is 9.47 Å². The van der Waals surface area contributed by atoms with Crippen molar-refractivity contribution in [3.05, 3.63) is 69.3 Å². The van der Waals surface area contributed by atoms with E-state index in [9.17, 15) is 9.59 Å². The lowest BCUT2D eigenvalue weighted by molar-refractivity contribution is 0.0597. The number of nitrogens with zero attached hydrogens (tertiary/aromatic N) is 2. The zero-order valence-electron chi connectivity index (χ0n) is 15.5. The maximum absolute atomic E-state index is 11.9. The van der Waals surface area contributed by atoms with E-state index in [1.54, 1.807) is 25.1 Å². The van der Waals surface area contributed by atoms with Crippen LogP contribution in [0.3, 0.4) is 0 Å². The molecule has 2 heterocycles. The molecule has 1 aromatic carbocycles. The number of H-pyrrole nitrogens is 1. The molecule has 0 spiro atoms. The second kappa shape index (κ2) is 7.41. The van der Waals surface area contributed by atoms with Crippen molar-refractivity contribution in [2.45, 2.75) is 20.8 Å². The van der Waals surface area contributed by atoms with E-state index >= 15 is 0 Å². The Hall–Kier alpha value is -3.48. The minimum Gasteiger partial charge on any atom is -0.465 e. The van der Waals surface area contributed by atoms with Gasteiger partial charge in [-0.3, -0.25) is 4.79 Å². The topological polar surface area (TPSA) is 94.2 Å². The Balaban J connectivity index is 1.99. The number of hydrogen-bond donors (Lipinski definition) is 1. The number of methoxy groups -OCH3 is 1. The molecule has 3 rings (SSSR count). The molecule has 138 valence electrons. The predicted molar refractivity (Wildman–Crippen MR) is 100 cm³/mol. The lowest BCUT2D eigenvalue weighted by atomic mass is 9.96. The summed E-state index contributed by atoms with van der Waals surface area (Å²) < 4.78 is 10.5. The molecule has 0 unspecified atom stereocenters. The Morgan fingerprint density at radius 3 is 2.63 bits per heavy atom. The number of carbonyl (C=O) groups excluding carboxylic acids is 1. The fourth-order valence-corrected chi connectivity index (χ4v) is 2.89. The van der Waals surface area contributed by atoms with E-state index in [4.69, 9.17) is 9.47 Å². The summed E-state index contributed by atoms with van der Waals surface area (Å²) in [5, 5.41) is 6.54. The van der Waals surface area contributed by atoms with Crippen molar-refractivity contribution >= 4 is 5.97 Å². The molecule has 0 aliphatic heterocycles. The minimum absolute atomic E-state index is 0.168. The summed E-state index contributed by atoms with van der Waals surface area (Å²) in [4.78, 5) is 27.9. The number of esters is 1. The van der Waals surface area contributed by atoms with Crippen LogP contribution >= 0.6 is 0 Å². The van der Waals surface area contributed by atoms with Crippen molar-refractivity contribution in [1.29, 1.82) is 0 Å². The van der Waals surface area contributed by atoms with Crippen LogP contribution in [0.2, 0.25) is 0 Å². The predicted octanol–water partition coefficient (Wildman–Crippen LogP) is 3.34. The third-order valence-electron chi connectivity index (χ3n) is 4.26. The molecule has 0 amide bonds.